The van der Waals surface area contributed by atoms with Crippen LogP contribution >= 0.6 is 11.6 Å². The maximum absolute atomic E-state index is 5.99. The van der Waals surface area contributed by atoms with Gasteiger partial charge in [-0.25, -0.2) is 0 Å². The highest BCUT2D eigenvalue weighted by Gasteiger charge is 2.45. The van der Waals surface area contributed by atoms with Gasteiger partial charge in [0.05, 0.1) is 10.7 Å². The molecule has 0 aromatic heterocycles. The summed E-state index contributed by atoms with van der Waals surface area (Å²) in [5.41, 5.74) is 2.60. The number of hydrogen-bond acceptors (Lipinski definition) is 1. The predicted octanol–water partition coefficient (Wildman–Crippen LogP) is 2.62. The van der Waals surface area contributed by atoms with Crippen molar-refractivity contribution in [3.63, 3.8) is 0 Å². The number of benzene rings is 1. The lowest BCUT2D eigenvalue weighted by atomic mass is 10.1. The molecule has 1 aliphatic heterocycles. The van der Waals surface area contributed by atoms with Gasteiger partial charge in [0.15, 0.2) is 0 Å². The van der Waals surface area contributed by atoms with Crippen LogP contribution in [0.5, 0.6) is 0 Å². The van der Waals surface area contributed by atoms with Crippen LogP contribution in [0.1, 0.15) is 17.9 Å². The summed E-state index contributed by atoms with van der Waals surface area (Å²) in [6, 6.07) is 6.85. The SMILES string of the molecule is Clc1cccc2c1NC1CC21. The summed E-state index contributed by atoms with van der Waals surface area (Å²) in [6.07, 6.45) is 1.30. The third-order valence-corrected chi connectivity index (χ3v) is 2.88. The average Bonchev–Trinajstić information content (AvgIpc) is 2.67. The lowest BCUT2D eigenvalue weighted by Crippen LogP contribution is -1.96. The number of fused-ring (bicyclic) bond motifs is 3. The second-order valence-electron chi connectivity index (χ2n) is 3.30. The van der Waals surface area contributed by atoms with Crippen molar-refractivity contribution < 1.29 is 0 Å². The van der Waals surface area contributed by atoms with Crippen molar-refractivity contribution in [1.82, 2.24) is 0 Å². The topological polar surface area (TPSA) is 12.0 Å². The molecule has 2 heteroatoms. The van der Waals surface area contributed by atoms with Gasteiger partial charge in [-0.05, 0) is 18.1 Å². The van der Waals surface area contributed by atoms with Crippen molar-refractivity contribution in [2.24, 2.45) is 0 Å². The van der Waals surface area contributed by atoms with Crippen LogP contribution in [0.4, 0.5) is 5.69 Å². The van der Waals surface area contributed by atoms with Crippen molar-refractivity contribution in [2.45, 2.75) is 18.4 Å². The fourth-order valence-electron chi connectivity index (χ4n) is 1.89. The Hall–Kier alpha value is -0.690. The molecule has 56 valence electrons. The van der Waals surface area contributed by atoms with E-state index in [-0.39, 0.29) is 0 Å². The third-order valence-electron chi connectivity index (χ3n) is 2.57. The Labute approximate surface area is 70.4 Å². The zero-order valence-electron chi connectivity index (χ0n) is 5.97. The minimum Gasteiger partial charge on any atom is -0.380 e. The molecular formula is C9H8ClN. The number of nitrogens with one attached hydrogen (secondary N) is 1. The number of halogens is 1. The molecule has 1 aromatic carbocycles. The van der Waals surface area contributed by atoms with E-state index in [1.807, 2.05) is 12.1 Å². The molecule has 1 N–H and O–H groups in total. The van der Waals surface area contributed by atoms with Gasteiger partial charge in [-0.3, -0.25) is 0 Å². The molecule has 1 aliphatic carbocycles. The smallest absolute Gasteiger partial charge is 0.0640 e. The fourth-order valence-corrected chi connectivity index (χ4v) is 2.12. The van der Waals surface area contributed by atoms with Crippen LogP contribution in [0.25, 0.3) is 0 Å². The standard InChI is InChI=1S/C9H8ClN/c10-7-3-1-2-5-6-4-8(6)11-9(5)7/h1-3,6,8,11H,4H2. The Bertz CT molecular complexity index is 321. The lowest BCUT2D eigenvalue weighted by Gasteiger charge is -2.04. The monoisotopic (exact) mass is 165 g/mol. The molecule has 1 aromatic rings. The normalized spacial score (nSPS) is 30.6. The first kappa shape index (κ1) is 5.90. The maximum Gasteiger partial charge on any atom is 0.0640 e. The first-order chi connectivity index (χ1) is 5.36. The summed E-state index contributed by atoms with van der Waals surface area (Å²) in [5.74, 6) is 0.767. The van der Waals surface area contributed by atoms with Gasteiger partial charge >= 0.3 is 0 Å². The Morgan fingerprint density at radius 2 is 2.36 bits per heavy atom. The van der Waals surface area contributed by atoms with Gasteiger partial charge in [0, 0.05) is 12.0 Å². The Kier molecular flexibility index (Phi) is 0.924. The zero-order valence-corrected chi connectivity index (χ0v) is 6.73. The number of rotatable bonds is 0. The first-order valence-corrected chi connectivity index (χ1v) is 4.29. The van der Waals surface area contributed by atoms with Gasteiger partial charge in [0.1, 0.15) is 0 Å². The Balaban J connectivity index is 2.24. The van der Waals surface area contributed by atoms with Crippen molar-refractivity contribution >= 4 is 17.3 Å². The highest BCUT2D eigenvalue weighted by molar-refractivity contribution is 6.33. The van der Waals surface area contributed by atoms with Gasteiger partial charge in [-0.2, -0.15) is 0 Å². The maximum atomic E-state index is 5.99. The molecule has 1 heterocycles. The minimum absolute atomic E-state index is 0.699. The van der Waals surface area contributed by atoms with Crippen LogP contribution in [-0.4, -0.2) is 6.04 Å². The van der Waals surface area contributed by atoms with E-state index in [4.69, 9.17) is 11.6 Å². The van der Waals surface area contributed by atoms with Crippen molar-refractivity contribution in [3.05, 3.63) is 28.8 Å². The summed E-state index contributed by atoms with van der Waals surface area (Å²) in [4.78, 5) is 0. The minimum atomic E-state index is 0.699. The largest absolute Gasteiger partial charge is 0.380 e. The third kappa shape index (κ3) is 0.667. The second kappa shape index (κ2) is 1.72. The molecule has 0 radical (unpaired) electrons. The van der Waals surface area contributed by atoms with E-state index in [0.29, 0.717) is 6.04 Å². The summed E-state index contributed by atoms with van der Waals surface area (Å²) in [5, 5.41) is 4.28. The summed E-state index contributed by atoms with van der Waals surface area (Å²) in [6.45, 7) is 0. The van der Waals surface area contributed by atoms with Crippen LogP contribution in [0.3, 0.4) is 0 Å². The van der Waals surface area contributed by atoms with Crippen LogP contribution in [0, 0.1) is 0 Å². The van der Waals surface area contributed by atoms with E-state index in [1.54, 1.807) is 0 Å². The average molecular weight is 166 g/mol. The quantitative estimate of drug-likeness (QED) is 0.623. The van der Waals surface area contributed by atoms with Crippen molar-refractivity contribution in [3.8, 4) is 0 Å². The van der Waals surface area contributed by atoms with Gasteiger partial charge in [0.25, 0.3) is 0 Å². The van der Waals surface area contributed by atoms with Crippen LogP contribution < -0.4 is 5.32 Å². The molecule has 0 amide bonds. The van der Waals surface area contributed by atoms with E-state index < -0.39 is 0 Å². The highest BCUT2D eigenvalue weighted by Crippen LogP contribution is 2.53. The van der Waals surface area contributed by atoms with Gasteiger partial charge in [0.2, 0.25) is 0 Å². The molecule has 2 aliphatic rings. The molecule has 0 saturated heterocycles. The number of para-hydroxylation sites is 1. The Morgan fingerprint density at radius 3 is 3.18 bits per heavy atom. The molecule has 1 nitrogen and oxygen atoms in total. The molecule has 11 heavy (non-hydrogen) atoms. The summed E-state index contributed by atoms with van der Waals surface area (Å²) in [7, 11) is 0. The number of anilines is 1. The van der Waals surface area contributed by atoms with Crippen LogP contribution in [-0.2, 0) is 0 Å². The molecule has 3 rings (SSSR count). The number of hydrogen-bond donors (Lipinski definition) is 1. The lowest BCUT2D eigenvalue weighted by molar-refractivity contribution is 1.14. The van der Waals surface area contributed by atoms with E-state index in [1.165, 1.54) is 17.7 Å². The molecule has 1 fully saturated rings. The second-order valence-corrected chi connectivity index (χ2v) is 3.70. The zero-order chi connectivity index (χ0) is 7.42. The first-order valence-electron chi connectivity index (χ1n) is 3.91. The highest BCUT2D eigenvalue weighted by atomic mass is 35.5. The predicted molar refractivity (Wildman–Crippen MR) is 46.2 cm³/mol. The van der Waals surface area contributed by atoms with Crippen LogP contribution in [0.2, 0.25) is 5.02 Å². The molecule has 0 bridgehead atoms. The van der Waals surface area contributed by atoms with Gasteiger partial charge < -0.3 is 5.32 Å². The van der Waals surface area contributed by atoms with E-state index in [9.17, 15) is 0 Å². The van der Waals surface area contributed by atoms with Crippen LogP contribution in [0.15, 0.2) is 18.2 Å². The Morgan fingerprint density at radius 1 is 1.45 bits per heavy atom. The van der Waals surface area contributed by atoms with E-state index in [0.717, 1.165) is 10.9 Å². The fraction of sp³-hybridized carbons (Fsp3) is 0.333. The molecule has 0 spiro atoms. The van der Waals surface area contributed by atoms with Crippen molar-refractivity contribution in [2.75, 3.05) is 5.32 Å². The summed E-state index contributed by atoms with van der Waals surface area (Å²) >= 11 is 5.99. The molecule has 2 unspecified atom stereocenters. The molecular weight excluding hydrogens is 158 g/mol. The van der Waals surface area contributed by atoms with E-state index in [2.05, 4.69) is 11.4 Å². The van der Waals surface area contributed by atoms with Crippen molar-refractivity contribution in [1.29, 1.82) is 0 Å². The van der Waals surface area contributed by atoms with E-state index >= 15 is 0 Å². The van der Waals surface area contributed by atoms with Gasteiger partial charge in [-0.1, -0.05) is 23.7 Å². The molecule has 1 saturated carbocycles. The van der Waals surface area contributed by atoms with Gasteiger partial charge in [-0.15, -0.1) is 0 Å². The molecule has 2 atom stereocenters. The summed E-state index contributed by atoms with van der Waals surface area (Å²) < 4.78 is 0.